The van der Waals surface area contributed by atoms with E-state index in [0.717, 1.165) is 4.88 Å². The molecular formula is C21H24N2O5S2. The molecule has 2 aromatic heterocycles. The maximum Gasteiger partial charge on any atom is 0.309 e. The van der Waals surface area contributed by atoms with Gasteiger partial charge in [0.2, 0.25) is 11.7 Å². The first-order chi connectivity index (χ1) is 14.3. The molecule has 0 aliphatic carbocycles. The van der Waals surface area contributed by atoms with Gasteiger partial charge < -0.3 is 15.0 Å². The predicted molar refractivity (Wildman–Crippen MR) is 115 cm³/mol. The van der Waals surface area contributed by atoms with Crippen LogP contribution in [0.5, 0.6) is 0 Å². The summed E-state index contributed by atoms with van der Waals surface area (Å²) in [5, 5.41) is 4.55. The van der Waals surface area contributed by atoms with Gasteiger partial charge in [-0.15, -0.1) is 22.7 Å². The Kier molecular flexibility index (Phi) is 7.38. The second kappa shape index (κ2) is 9.99. The summed E-state index contributed by atoms with van der Waals surface area (Å²) in [6.45, 7) is 4.36. The summed E-state index contributed by atoms with van der Waals surface area (Å²) in [7, 11) is 0. The lowest BCUT2D eigenvalue weighted by Crippen LogP contribution is -2.41. The SMILES string of the molecule is CC(=O)NCc1ccc(C(=O)C(C)OC(=O)C2CCN(C(=O)c3cccs3)CC2)s1. The highest BCUT2D eigenvalue weighted by Crippen LogP contribution is 2.24. The van der Waals surface area contributed by atoms with Crippen LogP contribution < -0.4 is 5.32 Å². The van der Waals surface area contributed by atoms with E-state index in [0.29, 0.717) is 42.2 Å². The lowest BCUT2D eigenvalue weighted by molar-refractivity contribution is -0.152. The zero-order valence-corrected chi connectivity index (χ0v) is 18.5. The molecule has 160 valence electrons. The number of esters is 1. The molecule has 1 aliphatic rings. The molecule has 1 atom stereocenters. The minimum absolute atomic E-state index is 0.00637. The number of Topliss-reactive ketones (excluding diaryl/α,β-unsaturated/α-hetero) is 1. The van der Waals surface area contributed by atoms with E-state index in [9.17, 15) is 19.2 Å². The maximum absolute atomic E-state index is 12.6. The summed E-state index contributed by atoms with van der Waals surface area (Å²) in [5.41, 5.74) is 0. The fourth-order valence-corrected chi connectivity index (χ4v) is 4.87. The van der Waals surface area contributed by atoms with Crippen molar-refractivity contribution in [3.8, 4) is 0 Å². The number of hydrogen-bond acceptors (Lipinski definition) is 7. The first kappa shape index (κ1) is 22.2. The van der Waals surface area contributed by atoms with Crippen LogP contribution in [-0.2, 0) is 20.9 Å². The Morgan fingerprint density at radius 3 is 2.53 bits per heavy atom. The molecule has 1 fully saturated rings. The molecule has 0 radical (unpaired) electrons. The van der Waals surface area contributed by atoms with Crippen LogP contribution in [0.4, 0.5) is 0 Å². The van der Waals surface area contributed by atoms with Gasteiger partial charge in [-0.2, -0.15) is 0 Å². The van der Waals surface area contributed by atoms with E-state index in [1.807, 2.05) is 11.4 Å². The van der Waals surface area contributed by atoms with Crippen molar-refractivity contribution >= 4 is 46.2 Å². The molecule has 7 nitrogen and oxygen atoms in total. The standard InChI is InChI=1S/C21H24N2O5S2/c1-13(19(25)17-6-5-16(30-17)12-22-14(2)24)28-21(27)15-7-9-23(10-8-15)20(26)18-4-3-11-29-18/h3-6,11,13,15H,7-10,12H2,1-2H3,(H,22,24). The highest BCUT2D eigenvalue weighted by Gasteiger charge is 2.31. The number of ketones is 1. The molecule has 0 saturated carbocycles. The van der Waals surface area contributed by atoms with Gasteiger partial charge >= 0.3 is 5.97 Å². The molecule has 0 aromatic carbocycles. The molecule has 0 spiro atoms. The highest BCUT2D eigenvalue weighted by atomic mass is 32.1. The van der Waals surface area contributed by atoms with Crippen LogP contribution in [0.25, 0.3) is 0 Å². The van der Waals surface area contributed by atoms with Crippen molar-refractivity contribution in [3.63, 3.8) is 0 Å². The van der Waals surface area contributed by atoms with Crippen LogP contribution in [0, 0.1) is 5.92 Å². The maximum atomic E-state index is 12.6. The third kappa shape index (κ3) is 5.54. The lowest BCUT2D eigenvalue weighted by Gasteiger charge is -2.31. The molecule has 9 heteroatoms. The van der Waals surface area contributed by atoms with Gasteiger partial charge in [0, 0.05) is 24.9 Å². The largest absolute Gasteiger partial charge is 0.454 e. The Morgan fingerprint density at radius 1 is 1.17 bits per heavy atom. The quantitative estimate of drug-likeness (QED) is 0.519. The van der Waals surface area contributed by atoms with Crippen molar-refractivity contribution in [1.29, 1.82) is 0 Å². The second-order valence-corrected chi connectivity index (χ2v) is 9.28. The van der Waals surface area contributed by atoms with E-state index in [1.165, 1.54) is 29.6 Å². The molecule has 1 aliphatic heterocycles. The van der Waals surface area contributed by atoms with E-state index in [4.69, 9.17) is 4.74 Å². The van der Waals surface area contributed by atoms with Crippen molar-refractivity contribution in [2.45, 2.75) is 39.3 Å². The third-order valence-corrected chi connectivity index (χ3v) is 6.88. The lowest BCUT2D eigenvalue weighted by atomic mass is 9.96. The van der Waals surface area contributed by atoms with E-state index in [-0.39, 0.29) is 23.5 Å². The molecule has 3 heterocycles. The highest BCUT2D eigenvalue weighted by molar-refractivity contribution is 7.14. The van der Waals surface area contributed by atoms with Crippen LogP contribution >= 0.6 is 22.7 Å². The Bertz CT molecular complexity index is 914. The smallest absolute Gasteiger partial charge is 0.309 e. The monoisotopic (exact) mass is 448 g/mol. The number of piperidine rings is 1. The van der Waals surface area contributed by atoms with Crippen molar-refractivity contribution in [1.82, 2.24) is 10.2 Å². The van der Waals surface area contributed by atoms with Crippen LogP contribution in [0.1, 0.15) is 50.9 Å². The topological polar surface area (TPSA) is 92.8 Å². The normalized spacial score (nSPS) is 15.5. The van der Waals surface area contributed by atoms with Crippen LogP contribution in [0.3, 0.4) is 0 Å². The van der Waals surface area contributed by atoms with Crippen LogP contribution in [0.15, 0.2) is 29.6 Å². The summed E-state index contributed by atoms with van der Waals surface area (Å²) < 4.78 is 5.43. The minimum atomic E-state index is -0.879. The number of likely N-dealkylation sites (tertiary alicyclic amines) is 1. The summed E-state index contributed by atoms with van der Waals surface area (Å²) in [5.74, 6) is -1.11. The summed E-state index contributed by atoms with van der Waals surface area (Å²) in [4.78, 5) is 52.3. The van der Waals surface area contributed by atoms with Gasteiger partial charge in [-0.1, -0.05) is 6.07 Å². The molecule has 2 amide bonds. The number of thiophene rings is 2. The van der Waals surface area contributed by atoms with Gasteiger partial charge in [-0.25, -0.2) is 0 Å². The number of carbonyl (C=O) groups excluding carboxylic acids is 4. The van der Waals surface area contributed by atoms with Crippen molar-refractivity contribution in [2.24, 2.45) is 5.92 Å². The van der Waals surface area contributed by atoms with Crippen LogP contribution in [0.2, 0.25) is 0 Å². The third-order valence-electron chi connectivity index (χ3n) is 4.93. The number of nitrogens with one attached hydrogen (secondary N) is 1. The molecule has 2 aromatic rings. The van der Waals surface area contributed by atoms with Gasteiger partial charge in [0.05, 0.1) is 22.2 Å². The average Bonchev–Trinajstić information content (AvgIpc) is 3.43. The van der Waals surface area contributed by atoms with E-state index in [2.05, 4.69) is 5.32 Å². The molecule has 3 rings (SSSR count). The number of rotatable bonds is 7. The molecule has 1 unspecified atom stereocenters. The van der Waals surface area contributed by atoms with Gasteiger partial charge in [0.1, 0.15) is 0 Å². The summed E-state index contributed by atoms with van der Waals surface area (Å²) in [6, 6.07) is 7.11. The Balaban J connectivity index is 1.48. The molecule has 1 saturated heterocycles. The fraction of sp³-hybridized carbons (Fsp3) is 0.429. The van der Waals surface area contributed by atoms with Gasteiger partial charge in [-0.05, 0) is 43.3 Å². The van der Waals surface area contributed by atoms with Gasteiger partial charge in [-0.3, -0.25) is 19.2 Å². The van der Waals surface area contributed by atoms with Gasteiger partial charge in [0.15, 0.2) is 6.10 Å². The summed E-state index contributed by atoms with van der Waals surface area (Å²) in [6.07, 6.45) is 0.170. The molecule has 30 heavy (non-hydrogen) atoms. The fourth-order valence-electron chi connectivity index (χ4n) is 3.22. The minimum Gasteiger partial charge on any atom is -0.454 e. The van der Waals surface area contributed by atoms with Crippen molar-refractivity contribution < 1.29 is 23.9 Å². The molecular weight excluding hydrogens is 424 g/mol. The Labute approximate surface area is 183 Å². The first-order valence-corrected chi connectivity index (χ1v) is 11.5. The average molecular weight is 449 g/mol. The van der Waals surface area contributed by atoms with Crippen molar-refractivity contribution in [3.05, 3.63) is 44.3 Å². The van der Waals surface area contributed by atoms with E-state index in [1.54, 1.807) is 30.0 Å². The van der Waals surface area contributed by atoms with Gasteiger partial charge in [0.25, 0.3) is 5.91 Å². The Hall–Kier alpha value is -2.52. The number of ether oxygens (including phenoxy) is 1. The zero-order valence-electron chi connectivity index (χ0n) is 16.9. The zero-order chi connectivity index (χ0) is 21.7. The number of nitrogens with zero attached hydrogens (tertiary/aromatic N) is 1. The first-order valence-electron chi connectivity index (χ1n) is 9.75. The second-order valence-electron chi connectivity index (χ2n) is 7.16. The number of carbonyl (C=O) groups is 4. The molecule has 0 bridgehead atoms. The number of amides is 2. The van der Waals surface area contributed by atoms with E-state index < -0.39 is 12.1 Å². The van der Waals surface area contributed by atoms with Crippen LogP contribution in [-0.4, -0.2) is 47.7 Å². The molecule has 1 N–H and O–H groups in total. The van der Waals surface area contributed by atoms with Crippen molar-refractivity contribution in [2.75, 3.05) is 13.1 Å². The van der Waals surface area contributed by atoms with E-state index >= 15 is 0 Å². The summed E-state index contributed by atoms with van der Waals surface area (Å²) >= 11 is 2.68. The Morgan fingerprint density at radius 2 is 1.90 bits per heavy atom. The number of hydrogen-bond donors (Lipinski definition) is 1. The predicted octanol–water partition coefficient (Wildman–Crippen LogP) is 3.11.